The number of nitriles is 1. The van der Waals surface area contributed by atoms with Crippen molar-refractivity contribution in [2.24, 2.45) is 7.05 Å². The summed E-state index contributed by atoms with van der Waals surface area (Å²) in [6.07, 6.45) is 0. The molecule has 0 aliphatic rings. The van der Waals surface area contributed by atoms with Crippen molar-refractivity contribution in [3.8, 4) is 11.8 Å². The first-order chi connectivity index (χ1) is 10.1. The molecule has 106 valence electrons. The van der Waals surface area contributed by atoms with Gasteiger partial charge < -0.3 is 9.15 Å². The molecule has 1 aromatic carbocycles. The number of halogens is 1. The quantitative estimate of drug-likeness (QED) is 0.726. The third-order valence-electron chi connectivity index (χ3n) is 3.27. The van der Waals surface area contributed by atoms with E-state index in [1.54, 1.807) is 4.68 Å². The van der Waals surface area contributed by atoms with E-state index in [2.05, 4.69) is 21.0 Å². The maximum absolute atomic E-state index is 9.18. The van der Waals surface area contributed by atoms with Gasteiger partial charge in [0, 0.05) is 7.05 Å². The zero-order valence-corrected chi connectivity index (χ0v) is 13.1. The summed E-state index contributed by atoms with van der Waals surface area (Å²) in [7, 11) is 1.86. The second-order valence-corrected chi connectivity index (χ2v) is 5.42. The number of ether oxygens (including phenoxy) is 1. The summed E-state index contributed by atoms with van der Waals surface area (Å²) in [4.78, 5) is 0. The molecule has 5 nitrogen and oxygen atoms in total. The van der Waals surface area contributed by atoms with E-state index < -0.39 is 0 Å². The number of para-hydroxylation sites is 1. The van der Waals surface area contributed by atoms with E-state index in [1.807, 2.05) is 44.3 Å². The van der Waals surface area contributed by atoms with Crippen molar-refractivity contribution in [1.82, 2.24) is 9.78 Å². The zero-order valence-electron chi connectivity index (χ0n) is 11.6. The molecule has 2 aromatic heterocycles. The molecular formula is C15H12BrN3O2. The van der Waals surface area contributed by atoms with Gasteiger partial charge in [-0.15, -0.1) is 0 Å². The molecule has 0 atom stereocenters. The van der Waals surface area contributed by atoms with Crippen molar-refractivity contribution in [3.05, 3.63) is 45.9 Å². The molecule has 0 aliphatic heterocycles. The first-order valence-corrected chi connectivity index (χ1v) is 7.13. The van der Waals surface area contributed by atoms with Gasteiger partial charge in [0.15, 0.2) is 5.75 Å². The second-order valence-electron chi connectivity index (χ2n) is 4.63. The summed E-state index contributed by atoms with van der Waals surface area (Å²) >= 11 is 3.50. The van der Waals surface area contributed by atoms with E-state index in [9.17, 15) is 5.26 Å². The highest BCUT2D eigenvalue weighted by Crippen LogP contribution is 2.33. The Balaban J connectivity index is 1.97. The van der Waals surface area contributed by atoms with Crippen LogP contribution in [0.1, 0.15) is 17.1 Å². The van der Waals surface area contributed by atoms with Crippen LogP contribution in [0.5, 0.6) is 5.75 Å². The third-order valence-corrected chi connectivity index (χ3v) is 4.30. The van der Waals surface area contributed by atoms with E-state index in [0.717, 1.165) is 21.2 Å². The minimum absolute atomic E-state index is 0.186. The summed E-state index contributed by atoms with van der Waals surface area (Å²) in [5.74, 6) is 0.657. The van der Waals surface area contributed by atoms with Crippen LogP contribution in [0.25, 0.3) is 11.0 Å². The highest BCUT2D eigenvalue weighted by molar-refractivity contribution is 9.10. The summed E-state index contributed by atoms with van der Waals surface area (Å²) in [5, 5.41) is 14.3. The Morgan fingerprint density at radius 1 is 1.43 bits per heavy atom. The Bertz CT molecular complexity index is 858. The molecule has 3 aromatic rings. The van der Waals surface area contributed by atoms with Crippen LogP contribution in [-0.4, -0.2) is 9.78 Å². The normalized spacial score (nSPS) is 10.8. The van der Waals surface area contributed by atoms with Crippen molar-refractivity contribution in [2.75, 3.05) is 0 Å². The Morgan fingerprint density at radius 3 is 2.86 bits per heavy atom. The van der Waals surface area contributed by atoms with Crippen molar-refractivity contribution in [1.29, 1.82) is 5.26 Å². The largest absolute Gasteiger partial charge is 0.482 e. The molecule has 0 aliphatic carbocycles. The average molecular weight is 346 g/mol. The number of nitrogens with zero attached hydrogens (tertiary/aromatic N) is 3. The molecule has 21 heavy (non-hydrogen) atoms. The van der Waals surface area contributed by atoms with Gasteiger partial charge in [-0.2, -0.15) is 10.4 Å². The minimum atomic E-state index is 0.186. The molecule has 0 saturated heterocycles. The van der Waals surface area contributed by atoms with Crippen LogP contribution < -0.4 is 4.74 Å². The molecule has 0 unspecified atom stereocenters. The molecule has 0 bridgehead atoms. The molecule has 0 saturated carbocycles. The van der Waals surface area contributed by atoms with Crippen LogP contribution in [0.4, 0.5) is 0 Å². The predicted molar refractivity (Wildman–Crippen MR) is 80.9 cm³/mol. The Hall–Kier alpha value is -2.26. The first kappa shape index (κ1) is 13.7. The molecule has 6 heteroatoms. The van der Waals surface area contributed by atoms with Gasteiger partial charge in [-0.05, 0) is 35.0 Å². The van der Waals surface area contributed by atoms with Gasteiger partial charge in [0.05, 0.1) is 21.2 Å². The molecule has 0 radical (unpaired) electrons. The van der Waals surface area contributed by atoms with E-state index in [4.69, 9.17) is 9.15 Å². The standard InChI is InChI=1S/C15H12BrN3O2/c1-9-14(16)11(19(2)18-9)8-20-15-10-5-3-4-6-12(10)21-13(15)7-17/h3-6H,8H2,1-2H3. The van der Waals surface area contributed by atoms with E-state index >= 15 is 0 Å². The lowest BCUT2D eigenvalue weighted by Gasteiger charge is -2.06. The Kier molecular flexibility index (Phi) is 3.43. The van der Waals surface area contributed by atoms with E-state index in [0.29, 0.717) is 17.9 Å². The van der Waals surface area contributed by atoms with Gasteiger partial charge in [-0.3, -0.25) is 4.68 Å². The molecule has 3 rings (SSSR count). The van der Waals surface area contributed by atoms with Crippen LogP contribution in [0.3, 0.4) is 0 Å². The summed E-state index contributed by atoms with van der Waals surface area (Å²) in [6.45, 7) is 2.22. The second kappa shape index (κ2) is 5.26. The van der Waals surface area contributed by atoms with Crippen molar-refractivity contribution in [3.63, 3.8) is 0 Å². The maximum Gasteiger partial charge on any atom is 0.246 e. The van der Waals surface area contributed by atoms with Gasteiger partial charge in [0.2, 0.25) is 5.76 Å². The molecule has 0 spiro atoms. The smallest absolute Gasteiger partial charge is 0.246 e. The minimum Gasteiger partial charge on any atom is -0.482 e. The predicted octanol–water partition coefficient (Wildman–Crippen LogP) is 3.69. The van der Waals surface area contributed by atoms with Gasteiger partial charge in [0.1, 0.15) is 18.3 Å². The Morgan fingerprint density at radius 2 is 2.19 bits per heavy atom. The maximum atomic E-state index is 9.18. The molecule has 0 amide bonds. The fraction of sp³-hybridized carbons (Fsp3) is 0.200. The lowest BCUT2D eigenvalue weighted by molar-refractivity contribution is 0.292. The first-order valence-electron chi connectivity index (χ1n) is 6.34. The SMILES string of the molecule is Cc1nn(C)c(COc2c(C#N)oc3ccccc23)c1Br. The third kappa shape index (κ3) is 2.30. The average Bonchev–Trinajstić information content (AvgIpc) is 2.95. The van der Waals surface area contributed by atoms with Gasteiger partial charge in [0.25, 0.3) is 0 Å². The number of fused-ring (bicyclic) bond motifs is 1. The van der Waals surface area contributed by atoms with Crippen LogP contribution in [0, 0.1) is 18.3 Å². The number of aromatic nitrogens is 2. The number of hydrogen-bond donors (Lipinski definition) is 0. The van der Waals surface area contributed by atoms with Crippen LogP contribution in [-0.2, 0) is 13.7 Å². The van der Waals surface area contributed by atoms with Gasteiger partial charge >= 0.3 is 0 Å². The molecule has 2 heterocycles. The van der Waals surface area contributed by atoms with Crippen LogP contribution in [0.15, 0.2) is 33.2 Å². The zero-order chi connectivity index (χ0) is 15.0. The summed E-state index contributed by atoms with van der Waals surface area (Å²) in [5.41, 5.74) is 2.44. The number of rotatable bonds is 3. The molecule has 0 fully saturated rings. The van der Waals surface area contributed by atoms with E-state index in [1.165, 1.54) is 0 Å². The lowest BCUT2D eigenvalue weighted by atomic mass is 10.2. The van der Waals surface area contributed by atoms with Crippen LogP contribution >= 0.6 is 15.9 Å². The molecule has 0 N–H and O–H groups in total. The van der Waals surface area contributed by atoms with E-state index in [-0.39, 0.29) is 5.76 Å². The summed E-state index contributed by atoms with van der Waals surface area (Å²) < 4.78 is 14.0. The summed E-state index contributed by atoms with van der Waals surface area (Å²) in [6, 6.07) is 9.46. The number of aryl methyl sites for hydroxylation is 2. The fourth-order valence-corrected chi connectivity index (χ4v) is 2.67. The van der Waals surface area contributed by atoms with Crippen LogP contribution in [0.2, 0.25) is 0 Å². The topological polar surface area (TPSA) is 64.0 Å². The Labute approximate surface area is 129 Å². The number of hydrogen-bond acceptors (Lipinski definition) is 4. The van der Waals surface area contributed by atoms with Gasteiger partial charge in [-0.25, -0.2) is 0 Å². The highest BCUT2D eigenvalue weighted by Gasteiger charge is 2.17. The lowest BCUT2D eigenvalue weighted by Crippen LogP contribution is -2.04. The van der Waals surface area contributed by atoms with Gasteiger partial charge in [-0.1, -0.05) is 12.1 Å². The highest BCUT2D eigenvalue weighted by atomic mass is 79.9. The van der Waals surface area contributed by atoms with Crippen molar-refractivity contribution >= 4 is 26.9 Å². The van der Waals surface area contributed by atoms with Crippen molar-refractivity contribution < 1.29 is 9.15 Å². The fourth-order valence-electron chi connectivity index (χ4n) is 2.22. The number of furan rings is 1. The molecular weight excluding hydrogens is 334 g/mol. The monoisotopic (exact) mass is 345 g/mol. The number of benzene rings is 1. The van der Waals surface area contributed by atoms with Crippen molar-refractivity contribution in [2.45, 2.75) is 13.5 Å².